The highest BCUT2D eigenvalue weighted by molar-refractivity contribution is 7.92. The molecular weight excluding hydrogens is 606 g/mol. The third-order valence-corrected chi connectivity index (χ3v) is 9.72. The van der Waals surface area contributed by atoms with Crippen LogP contribution in [0.25, 0.3) is 0 Å². The number of carbonyl (C=O) groups is 2. The lowest BCUT2D eigenvalue weighted by Crippen LogP contribution is -2.54. The summed E-state index contributed by atoms with van der Waals surface area (Å²) in [5.74, 6) is -0.798. The molecule has 0 bridgehead atoms. The largest absolute Gasteiger partial charge is 0.352 e. The number of amides is 2. The van der Waals surface area contributed by atoms with Gasteiger partial charge in [-0.25, -0.2) is 8.42 Å². The van der Waals surface area contributed by atoms with Crippen LogP contribution in [0.3, 0.4) is 0 Å². The second-order valence-electron chi connectivity index (χ2n) is 11.3. The number of anilines is 1. The van der Waals surface area contributed by atoms with Gasteiger partial charge in [-0.05, 0) is 80.3 Å². The average molecular weight is 646 g/mol. The van der Waals surface area contributed by atoms with Gasteiger partial charge < -0.3 is 10.2 Å². The normalized spacial score (nSPS) is 12.6. The van der Waals surface area contributed by atoms with Crippen LogP contribution in [-0.2, 0) is 32.6 Å². The Morgan fingerprint density at radius 2 is 1.44 bits per heavy atom. The molecule has 0 heterocycles. The van der Waals surface area contributed by atoms with Crippen LogP contribution in [0.15, 0.2) is 108 Å². The maximum Gasteiger partial charge on any atom is 0.264 e. The molecule has 0 saturated carbocycles. The molecule has 1 N–H and O–H groups in total. The highest BCUT2D eigenvalue weighted by atomic mass is 35.5. The first-order chi connectivity index (χ1) is 21.5. The first kappa shape index (κ1) is 33.7. The number of hydrogen-bond donors (Lipinski definition) is 1. The molecular formula is C36H40ClN3O4S. The number of halogens is 1. The van der Waals surface area contributed by atoms with Crippen LogP contribution in [0.1, 0.15) is 42.5 Å². The van der Waals surface area contributed by atoms with E-state index in [4.69, 9.17) is 11.6 Å². The van der Waals surface area contributed by atoms with Crippen molar-refractivity contribution in [3.05, 3.63) is 130 Å². The fourth-order valence-corrected chi connectivity index (χ4v) is 6.58. The highest BCUT2D eigenvalue weighted by Gasteiger charge is 2.35. The van der Waals surface area contributed by atoms with Crippen LogP contribution < -0.4 is 9.62 Å². The number of nitrogens with one attached hydrogen (secondary N) is 1. The Hall–Kier alpha value is -4.14. The molecule has 4 aromatic rings. The Morgan fingerprint density at radius 3 is 2.07 bits per heavy atom. The number of carbonyl (C=O) groups excluding carboxylic acids is 2. The first-order valence-electron chi connectivity index (χ1n) is 15.0. The summed E-state index contributed by atoms with van der Waals surface area (Å²) in [7, 11) is -4.20. The molecule has 2 atom stereocenters. The van der Waals surface area contributed by atoms with Crippen LogP contribution in [0.2, 0.25) is 5.02 Å². The molecule has 0 fully saturated rings. The number of benzene rings is 4. The van der Waals surface area contributed by atoms with Crippen LogP contribution in [0, 0.1) is 13.8 Å². The number of rotatable bonds is 13. The van der Waals surface area contributed by atoms with Gasteiger partial charge in [0.1, 0.15) is 12.6 Å². The summed E-state index contributed by atoms with van der Waals surface area (Å²) in [5.41, 5.74) is 3.91. The summed E-state index contributed by atoms with van der Waals surface area (Å²) in [4.78, 5) is 30.0. The van der Waals surface area contributed by atoms with E-state index in [9.17, 15) is 18.0 Å². The number of aryl methyl sites for hydroxylation is 2. The Labute approximate surface area is 271 Å². The maximum absolute atomic E-state index is 14.5. The van der Waals surface area contributed by atoms with Crippen LogP contribution in [0.5, 0.6) is 0 Å². The summed E-state index contributed by atoms with van der Waals surface area (Å²) in [6.07, 6.45) is 0.977. The third kappa shape index (κ3) is 8.96. The van der Waals surface area contributed by atoms with Gasteiger partial charge in [0.25, 0.3) is 10.0 Å². The Morgan fingerprint density at radius 1 is 0.822 bits per heavy atom. The van der Waals surface area contributed by atoms with Crippen molar-refractivity contribution in [3.8, 4) is 0 Å². The fourth-order valence-electron chi connectivity index (χ4n) is 5.05. The zero-order chi connectivity index (χ0) is 32.6. The zero-order valence-electron chi connectivity index (χ0n) is 26.1. The minimum absolute atomic E-state index is 0.00166. The lowest BCUT2D eigenvalue weighted by atomic mass is 10.0. The van der Waals surface area contributed by atoms with Crippen molar-refractivity contribution >= 4 is 39.1 Å². The van der Waals surface area contributed by atoms with Gasteiger partial charge in [0.15, 0.2) is 0 Å². The minimum atomic E-state index is -4.20. The summed E-state index contributed by atoms with van der Waals surface area (Å²) >= 11 is 6.06. The van der Waals surface area contributed by atoms with Crippen molar-refractivity contribution in [3.63, 3.8) is 0 Å². The molecule has 0 spiro atoms. The van der Waals surface area contributed by atoms with Crippen molar-refractivity contribution in [1.82, 2.24) is 10.2 Å². The average Bonchev–Trinajstić information content (AvgIpc) is 3.02. The lowest BCUT2D eigenvalue weighted by molar-refractivity contribution is -0.140. The molecule has 236 valence electrons. The minimum Gasteiger partial charge on any atom is -0.352 e. The van der Waals surface area contributed by atoms with Gasteiger partial charge in [-0.1, -0.05) is 90.8 Å². The van der Waals surface area contributed by atoms with Crippen molar-refractivity contribution < 1.29 is 18.0 Å². The zero-order valence-corrected chi connectivity index (χ0v) is 27.7. The standard InChI is InChI=1S/C36H40ClN3O4S/c1-5-28(4)38-36(42)34(23-29-13-7-6-8-14-29)39(24-30-15-9-11-26(2)21-30)35(41)25-40(32-16-10-12-27(3)22-32)45(43,44)33-19-17-31(37)18-20-33/h6-22,28,34H,5,23-25H2,1-4H3,(H,38,42)/t28-,34+/m1/s1. The molecule has 0 aliphatic carbocycles. The molecule has 0 saturated heterocycles. The molecule has 4 rings (SSSR count). The Kier molecular flexibility index (Phi) is 11.4. The summed E-state index contributed by atoms with van der Waals surface area (Å²) < 4.78 is 29.4. The molecule has 0 radical (unpaired) electrons. The van der Waals surface area contributed by atoms with E-state index in [2.05, 4.69) is 5.32 Å². The van der Waals surface area contributed by atoms with E-state index in [0.29, 0.717) is 10.7 Å². The van der Waals surface area contributed by atoms with Gasteiger partial charge >= 0.3 is 0 Å². The fraction of sp³-hybridized carbons (Fsp3) is 0.278. The second kappa shape index (κ2) is 15.2. The van der Waals surface area contributed by atoms with Crippen LogP contribution in [0.4, 0.5) is 5.69 Å². The molecule has 7 nitrogen and oxygen atoms in total. The van der Waals surface area contributed by atoms with E-state index in [-0.39, 0.29) is 29.8 Å². The molecule has 0 aliphatic heterocycles. The Balaban J connectivity index is 1.81. The molecule has 9 heteroatoms. The van der Waals surface area contributed by atoms with Gasteiger partial charge in [0.2, 0.25) is 11.8 Å². The molecule has 2 amide bonds. The molecule has 45 heavy (non-hydrogen) atoms. The van der Waals surface area contributed by atoms with E-state index in [1.165, 1.54) is 29.2 Å². The second-order valence-corrected chi connectivity index (χ2v) is 13.6. The van der Waals surface area contributed by atoms with Gasteiger partial charge in [0.05, 0.1) is 10.6 Å². The van der Waals surface area contributed by atoms with Gasteiger partial charge in [-0.15, -0.1) is 0 Å². The lowest BCUT2D eigenvalue weighted by Gasteiger charge is -2.34. The topological polar surface area (TPSA) is 86.8 Å². The predicted octanol–water partition coefficient (Wildman–Crippen LogP) is 6.71. The van der Waals surface area contributed by atoms with E-state index in [0.717, 1.165) is 33.0 Å². The van der Waals surface area contributed by atoms with Crippen molar-refractivity contribution in [2.75, 3.05) is 10.8 Å². The van der Waals surface area contributed by atoms with E-state index >= 15 is 0 Å². The van der Waals surface area contributed by atoms with Crippen molar-refractivity contribution in [2.45, 2.75) is 64.1 Å². The maximum atomic E-state index is 14.5. The van der Waals surface area contributed by atoms with Crippen molar-refractivity contribution in [1.29, 1.82) is 0 Å². The highest BCUT2D eigenvalue weighted by Crippen LogP contribution is 2.27. The smallest absolute Gasteiger partial charge is 0.264 e. The van der Waals surface area contributed by atoms with Gasteiger partial charge in [-0.3, -0.25) is 13.9 Å². The van der Waals surface area contributed by atoms with E-state index in [1.54, 1.807) is 18.2 Å². The summed E-state index contributed by atoms with van der Waals surface area (Å²) in [5, 5.41) is 3.45. The molecule has 0 aliphatic rings. The molecule has 4 aromatic carbocycles. The van der Waals surface area contributed by atoms with Gasteiger partial charge in [-0.2, -0.15) is 0 Å². The van der Waals surface area contributed by atoms with E-state index < -0.39 is 28.5 Å². The SMILES string of the molecule is CC[C@@H](C)NC(=O)[C@H](Cc1ccccc1)N(Cc1cccc(C)c1)C(=O)CN(c1cccc(C)c1)S(=O)(=O)c1ccc(Cl)cc1. The third-order valence-electron chi connectivity index (χ3n) is 7.68. The number of hydrogen-bond acceptors (Lipinski definition) is 4. The molecule has 0 aromatic heterocycles. The van der Waals surface area contributed by atoms with E-state index in [1.807, 2.05) is 88.4 Å². The summed E-state index contributed by atoms with van der Waals surface area (Å²) in [6.45, 7) is 7.33. The monoisotopic (exact) mass is 645 g/mol. The number of sulfonamides is 1. The summed E-state index contributed by atoms with van der Waals surface area (Å²) in [6, 6.07) is 29.1. The first-order valence-corrected chi connectivity index (χ1v) is 16.8. The molecule has 0 unspecified atom stereocenters. The van der Waals surface area contributed by atoms with Crippen LogP contribution in [-0.4, -0.2) is 43.8 Å². The Bertz CT molecular complexity index is 1710. The predicted molar refractivity (Wildman–Crippen MR) is 181 cm³/mol. The quantitative estimate of drug-likeness (QED) is 0.175. The van der Waals surface area contributed by atoms with Gasteiger partial charge in [0, 0.05) is 24.0 Å². The number of nitrogens with zero attached hydrogens (tertiary/aromatic N) is 2. The van der Waals surface area contributed by atoms with Crippen molar-refractivity contribution in [2.24, 2.45) is 0 Å². The van der Waals surface area contributed by atoms with Crippen LogP contribution >= 0.6 is 11.6 Å².